The Morgan fingerprint density at radius 2 is 1.69 bits per heavy atom. The van der Waals surface area contributed by atoms with Crippen molar-refractivity contribution in [1.82, 2.24) is 14.5 Å². The molecule has 0 unspecified atom stereocenters. The van der Waals surface area contributed by atoms with Gasteiger partial charge in [-0.3, -0.25) is 9.69 Å². The van der Waals surface area contributed by atoms with Crippen molar-refractivity contribution in [2.24, 2.45) is 0 Å². The van der Waals surface area contributed by atoms with Gasteiger partial charge in [-0.25, -0.2) is 8.42 Å². The van der Waals surface area contributed by atoms with Gasteiger partial charge >= 0.3 is 0 Å². The largest absolute Gasteiger partial charge is 1.00 e. The fourth-order valence-electron chi connectivity index (χ4n) is 3.20. The maximum absolute atomic E-state index is 12.8. The van der Waals surface area contributed by atoms with E-state index in [1.165, 1.54) is 22.5 Å². The van der Waals surface area contributed by atoms with Gasteiger partial charge in [-0.1, -0.05) is 11.6 Å². The highest BCUT2D eigenvalue weighted by Gasteiger charge is 2.27. The lowest BCUT2D eigenvalue weighted by Gasteiger charge is -2.26. The number of hydrogen-bond acceptors (Lipinski definition) is 6. The van der Waals surface area contributed by atoms with E-state index in [1.54, 1.807) is 0 Å². The summed E-state index contributed by atoms with van der Waals surface area (Å²) in [5.41, 5.74) is 0.169. The van der Waals surface area contributed by atoms with Crippen molar-refractivity contribution in [1.29, 1.82) is 0 Å². The number of ether oxygens (including phenoxy) is 2. The van der Waals surface area contributed by atoms with Crippen LogP contribution in [-0.4, -0.2) is 89.2 Å². The molecule has 2 saturated heterocycles. The van der Waals surface area contributed by atoms with Crippen LogP contribution in [0.4, 0.5) is 0 Å². The summed E-state index contributed by atoms with van der Waals surface area (Å²) in [6.45, 7) is 5.99. The first-order chi connectivity index (χ1) is 13.5. The van der Waals surface area contributed by atoms with Crippen molar-refractivity contribution >= 4 is 27.5 Å². The van der Waals surface area contributed by atoms with Gasteiger partial charge in [0.2, 0.25) is 10.0 Å². The molecule has 0 aromatic heterocycles. The summed E-state index contributed by atoms with van der Waals surface area (Å²) in [5.74, 6) is -0.369. The van der Waals surface area contributed by atoms with E-state index in [1.807, 2.05) is 0 Å². The lowest BCUT2D eigenvalue weighted by atomic mass is 10.2. The molecule has 29 heavy (non-hydrogen) atoms. The third kappa shape index (κ3) is 6.52. The minimum atomic E-state index is -3.68. The van der Waals surface area contributed by atoms with Gasteiger partial charge in [-0.2, -0.15) is 4.31 Å². The molecule has 1 amide bonds. The van der Waals surface area contributed by atoms with E-state index in [4.69, 9.17) is 21.1 Å². The van der Waals surface area contributed by atoms with Gasteiger partial charge < -0.3 is 27.2 Å². The normalized spacial score (nSPS) is 18.8. The molecular formula is C18H26Cl2N3O5S-. The predicted octanol–water partition coefficient (Wildman–Crippen LogP) is -2.18. The van der Waals surface area contributed by atoms with Crippen molar-refractivity contribution in [3.63, 3.8) is 0 Å². The Labute approximate surface area is 182 Å². The average molecular weight is 467 g/mol. The summed E-state index contributed by atoms with van der Waals surface area (Å²) >= 11 is 6.15. The Kier molecular flexibility index (Phi) is 9.61. The molecule has 1 N–H and O–H groups in total. The molecular weight excluding hydrogens is 441 g/mol. The number of morpholine rings is 2. The van der Waals surface area contributed by atoms with E-state index in [0.717, 1.165) is 39.3 Å². The summed E-state index contributed by atoms with van der Waals surface area (Å²) in [4.78, 5) is 14.9. The number of rotatable bonds is 7. The smallest absolute Gasteiger partial charge is 0.252 e. The SMILES string of the molecule is O=C(NCCCN1CCOCC1)c1cc(S(=O)(=O)N2CCOCC2)ccc1Cl.[Cl-]. The molecule has 11 heteroatoms. The summed E-state index contributed by atoms with van der Waals surface area (Å²) in [7, 11) is -3.68. The van der Waals surface area contributed by atoms with Crippen molar-refractivity contribution in [3.8, 4) is 0 Å². The molecule has 8 nitrogen and oxygen atoms in total. The molecule has 2 aliphatic heterocycles. The van der Waals surface area contributed by atoms with Crippen LogP contribution in [0.3, 0.4) is 0 Å². The summed E-state index contributed by atoms with van der Waals surface area (Å²) in [5, 5.41) is 3.06. The van der Waals surface area contributed by atoms with Crippen molar-refractivity contribution in [2.75, 3.05) is 65.7 Å². The molecule has 0 bridgehead atoms. The highest BCUT2D eigenvalue weighted by atomic mass is 35.5. The van der Waals surface area contributed by atoms with Crippen molar-refractivity contribution in [2.45, 2.75) is 11.3 Å². The molecule has 1 aromatic rings. The van der Waals surface area contributed by atoms with Gasteiger partial charge in [0.1, 0.15) is 0 Å². The van der Waals surface area contributed by atoms with Gasteiger partial charge in [-0.05, 0) is 31.2 Å². The summed E-state index contributed by atoms with van der Waals surface area (Å²) < 4.78 is 37.5. The van der Waals surface area contributed by atoms with Gasteiger partial charge in [0.15, 0.2) is 0 Å². The van der Waals surface area contributed by atoms with Crippen molar-refractivity contribution in [3.05, 3.63) is 28.8 Å². The standard InChI is InChI=1S/C18H26ClN3O5S.ClH/c19-17-3-2-15(28(24,25)22-8-12-27-13-9-22)14-16(17)18(23)20-4-1-5-21-6-10-26-11-7-21;/h2-3,14H,1,4-13H2,(H,20,23);1H/p-1. The van der Waals surface area contributed by atoms with Gasteiger partial charge in [0.05, 0.1) is 41.9 Å². The van der Waals surface area contributed by atoms with Crippen LogP contribution in [0, 0.1) is 0 Å². The van der Waals surface area contributed by atoms with Crippen LogP contribution in [0.2, 0.25) is 5.02 Å². The van der Waals surface area contributed by atoms with E-state index < -0.39 is 10.0 Å². The predicted molar refractivity (Wildman–Crippen MR) is 105 cm³/mol. The van der Waals surface area contributed by atoms with E-state index in [9.17, 15) is 13.2 Å². The summed E-state index contributed by atoms with van der Waals surface area (Å²) in [6, 6.07) is 4.24. The average Bonchev–Trinajstić information content (AvgIpc) is 2.72. The van der Waals surface area contributed by atoms with Crippen LogP contribution in [0.25, 0.3) is 0 Å². The van der Waals surface area contributed by atoms with Crippen LogP contribution in [0.5, 0.6) is 0 Å². The monoisotopic (exact) mass is 466 g/mol. The minimum Gasteiger partial charge on any atom is -1.00 e. The fourth-order valence-corrected chi connectivity index (χ4v) is 4.84. The molecule has 0 aliphatic carbocycles. The number of carbonyl (C=O) groups excluding carboxylic acids is 1. The maximum Gasteiger partial charge on any atom is 0.252 e. The van der Waals surface area contributed by atoms with E-state index in [2.05, 4.69) is 10.2 Å². The minimum absolute atomic E-state index is 0. The Hall–Kier alpha value is -0.940. The second-order valence-electron chi connectivity index (χ2n) is 6.72. The van der Waals surface area contributed by atoms with E-state index in [0.29, 0.717) is 32.8 Å². The second kappa shape index (κ2) is 11.5. The second-order valence-corrected chi connectivity index (χ2v) is 9.07. The highest BCUT2D eigenvalue weighted by molar-refractivity contribution is 7.89. The van der Waals surface area contributed by atoms with Gasteiger partial charge in [0.25, 0.3) is 5.91 Å². The van der Waals surface area contributed by atoms with Crippen LogP contribution >= 0.6 is 11.6 Å². The molecule has 0 radical (unpaired) electrons. The maximum atomic E-state index is 12.8. The Balaban J connectivity index is 0.00000300. The first-order valence-corrected chi connectivity index (χ1v) is 11.3. The molecule has 2 heterocycles. The van der Waals surface area contributed by atoms with E-state index >= 15 is 0 Å². The molecule has 1 aromatic carbocycles. The van der Waals surface area contributed by atoms with Crippen LogP contribution in [-0.2, 0) is 19.5 Å². The van der Waals surface area contributed by atoms with Gasteiger partial charge in [-0.15, -0.1) is 0 Å². The zero-order valence-corrected chi connectivity index (χ0v) is 18.4. The lowest BCUT2D eigenvalue weighted by molar-refractivity contribution is -0.0000181. The Morgan fingerprint density at radius 1 is 1.07 bits per heavy atom. The van der Waals surface area contributed by atoms with E-state index in [-0.39, 0.29) is 33.8 Å². The molecule has 0 atom stereocenters. The quantitative estimate of drug-likeness (QED) is 0.459. The van der Waals surface area contributed by atoms with Crippen molar-refractivity contribution < 1.29 is 35.1 Å². The number of hydrogen-bond donors (Lipinski definition) is 1. The zero-order valence-electron chi connectivity index (χ0n) is 16.1. The van der Waals surface area contributed by atoms with Crippen LogP contribution in [0.15, 0.2) is 23.1 Å². The molecule has 0 spiro atoms. The first-order valence-electron chi connectivity index (χ1n) is 9.44. The number of benzene rings is 1. The Morgan fingerprint density at radius 3 is 2.34 bits per heavy atom. The van der Waals surface area contributed by atoms with Gasteiger partial charge in [0, 0.05) is 32.7 Å². The number of amides is 1. The summed E-state index contributed by atoms with van der Waals surface area (Å²) in [6.07, 6.45) is 0.801. The molecule has 3 rings (SSSR count). The number of nitrogens with zero attached hydrogens (tertiary/aromatic N) is 2. The van der Waals surface area contributed by atoms with Crippen LogP contribution in [0.1, 0.15) is 16.8 Å². The Bertz CT molecular complexity index is 782. The third-order valence-corrected chi connectivity index (χ3v) is 7.05. The number of nitrogens with one attached hydrogen (secondary N) is 1. The molecule has 164 valence electrons. The number of sulfonamides is 1. The molecule has 2 fully saturated rings. The highest BCUT2D eigenvalue weighted by Crippen LogP contribution is 2.23. The first kappa shape index (κ1) is 24.3. The number of carbonyl (C=O) groups is 1. The lowest BCUT2D eigenvalue weighted by Crippen LogP contribution is -3.00. The molecule has 2 aliphatic rings. The fraction of sp³-hybridized carbons (Fsp3) is 0.611. The number of halogens is 2. The zero-order chi connectivity index (χ0) is 20.0. The molecule has 0 saturated carbocycles. The third-order valence-electron chi connectivity index (χ3n) is 4.83. The van der Waals surface area contributed by atoms with Crippen LogP contribution < -0.4 is 17.7 Å². The topological polar surface area (TPSA) is 88.2 Å².